The van der Waals surface area contributed by atoms with Gasteiger partial charge in [0.05, 0.1) is 17.6 Å². The number of hydrogen-bond acceptors (Lipinski definition) is 4. The molecule has 1 aliphatic heterocycles. The number of rotatable bonds is 8. The molecule has 0 radical (unpaired) electrons. The number of ether oxygens (including phenoxy) is 1. The van der Waals surface area contributed by atoms with Gasteiger partial charge in [-0.15, -0.1) is 0 Å². The fourth-order valence-corrected chi connectivity index (χ4v) is 3.82. The first kappa shape index (κ1) is 22.6. The van der Waals surface area contributed by atoms with E-state index >= 15 is 0 Å². The maximum Gasteiger partial charge on any atom is 0.234 e. The van der Waals surface area contributed by atoms with Crippen LogP contribution >= 0.6 is 11.6 Å². The predicted molar refractivity (Wildman–Crippen MR) is 122 cm³/mol. The van der Waals surface area contributed by atoms with Crippen LogP contribution in [-0.2, 0) is 4.79 Å². The van der Waals surface area contributed by atoms with Crippen LogP contribution in [0.3, 0.4) is 0 Å². The Morgan fingerprint density at radius 1 is 1.07 bits per heavy atom. The zero-order valence-corrected chi connectivity index (χ0v) is 18.9. The molecule has 2 aromatic carbocycles. The van der Waals surface area contributed by atoms with Gasteiger partial charge in [-0.3, -0.25) is 14.6 Å². The van der Waals surface area contributed by atoms with E-state index in [9.17, 15) is 4.79 Å². The van der Waals surface area contributed by atoms with Gasteiger partial charge >= 0.3 is 0 Å². The van der Waals surface area contributed by atoms with Gasteiger partial charge in [0.25, 0.3) is 0 Å². The van der Waals surface area contributed by atoms with Gasteiger partial charge in [-0.25, -0.2) is 0 Å². The van der Waals surface area contributed by atoms with E-state index in [0.29, 0.717) is 18.2 Å². The summed E-state index contributed by atoms with van der Waals surface area (Å²) in [6, 6.07) is 13.9. The Morgan fingerprint density at radius 3 is 2.47 bits per heavy atom. The second-order valence-electron chi connectivity index (χ2n) is 8.03. The SMILES string of the molecule is Cc1ccc(C(C)NC(=O)CN2CCN(CCOc3ccccc3Cl)CC2)cc1C. The van der Waals surface area contributed by atoms with Crippen molar-refractivity contribution in [1.29, 1.82) is 0 Å². The van der Waals surface area contributed by atoms with Crippen LogP contribution in [0.15, 0.2) is 42.5 Å². The van der Waals surface area contributed by atoms with Crippen molar-refractivity contribution < 1.29 is 9.53 Å². The summed E-state index contributed by atoms with van der Waals surface area (Å²) in [5.41, 5.74) is 3.67. The molecule has 162 valence electrons. The molecule has 1 atom stereocenters. The highest BCUT2D eigenvalue weighted by atomic mass is 35.5. The third kappa shape index (κ3) is 6.46. The Balaban J connectivity index is 1.36. The van der Waals surface area contributed by atoms with Crippen molar-refractivity contribution in [2.45, 2.75) is 26.8 Å². The van der Waals surface area contributed by atoms with Gasteiger partial charge in [0, 0.05) is 32.7 Å². The molecule has 0 spiro atoms. The Kier molecular flexibility index (Phi) is 8.14. The maximum atomic E-state index is 12.5. The van der Waals surface area contributed by atoms with E-state index in [-0.39, 0.29) is 11.9 Å². The summed E-state index contributed by atoms with van der Waals surface area (Å²) in [5, 5.41) is 3.77. The molecule has 1 unspecified atom stereocenters. The van der Waals surface area contributed by atoms with Crippen molar-refractivity contribution in [3.05, 3.63) is 64.2 Å². The van der Waals surface area contributed by atoms with E-state index < -0.39 is 0 Å². The number of carbonyl (C=O) groups excluding carboxylic acids is 1. The standard InChI is InChI=1S/C24H32ClN3O2/c1-18-8-9-21(16-19(18)2)20(3)26-24(29)17-28-12-10-27(11-13-28)14-15-30-23-7-5-4-6-22(23)25/h4-9,16,20H,10-15,17H2,1-3H3,(H,26,29). The monoisotopic (exact) mass is 429 g/mol. The number of halogens is 1. The summed E-state index contributed by atoms with van der Waals surface area (Å²) in [6.45, 7) is 11.8. The number of aryl methyl sites for hydroxylation is 2. The van der Waals surface area contributed by atoms with Gasteiger partial charge in [-0.2, -0.15) is 0 Å². The molecule has 1 saturated heterocycles. The predicted octanol–water partition coefficient (Wildman–Crippen LogP) is 3.83. The van der Waals surface area contributed by atoms with Crippen molar-refractivity contribution in [3.63, 3.8) is 0 Å². The summed E-state index contributed by atoms with van der Waals surface area (Å²) >= 11 is 6.12. The molecule has 1 fully saturated rings. The molecule has 0 aromatic heterocycles. The zero-order valence-electron chi connectivity index (χ0n) is 18.2. The van der Waals surface area contributed by atoms with Gasteiger partial charge in [-0.1, -0.05) is 41.9 Å². The van der Waals surface area contributed by atoms with Crippen LogP contribution < -0.4 is 10.1 Å². The number of nitrogens with one attached hydrogen (secondary N) is 1. The molecule has 1 N–H and O–H groups in total. The molecule has 0 saturated carbocycles. The van der Waals surface area contributed by atoms with Crippen molar-refractivity contribution in [2.24, 2.45) is 0 Å². The number of hydrogen-bond donors (Lipinski definition) is 1. The second-order valence-corrected chi connectivity index (χ2v) is 8.44. The summed E-state index contributed by atoms with van der Waals surface area (Å²) < 4.78 is 5.78. The lowest BCUT2D eigenvalue weighted by Gasteiger charge is -2.34. The number of benzene rings is 2. The highest BCUT2D eigenvalue weighted by molar-refractivity contribution is 6.32. The molecule has 0 bridgehead atoms. The average molecular weight is 430 g/mol. The zero-order chi connectivity index (χ0) is 21.5. The van der Waals surface area contributed by atoms with E-state index in [1.54, 1.807) is 0 Å². The van der Waals surface area contributed by atoms with Crippen LogP contribution in [0.25, 0.3) is 0 Å². The second kappa shape index (κ2) is 10.8. The summed E-state index contributed by atoms with van der Waals surface area (Å²) in [6.07, 6.45) is 0. The third-order valence-electron chi connectivity index (χ3n) is 5.74. The number of piperazine rings is 1. The van der Waals surface area contributed by atoms with Crippen LogP contribution in [0.4, 0.5) is 0 Å². The van der Waals surface area contributed by atoms with Crippen molar-refractivity contribution in [3.8, 4) is 5.75 Å². The molecule has 30 heavy (non-hydrogen) atoms. The van der Waals surface area contributed by atoms with E-state index in [2.05, 4.69) is 47.2 Å². The molecule has 2 aromatic rings. The van der Waals surface area contributed by atoms with Gasteiger partial charge in [0.15, 0.2) is 0 Å². The van der Waals surface area contributed by atoms with E-state index in [1.165, 1.54) is 11.1 Å². The molecular formula is C24H32ClN3O2. The van der Waals surface area contributed by atoms with Crippen molar-refractivity contribution in [2.75, 3.05) is 45.9 Å². The minimum atomic E-state index is 0.0139. The van der Waals surface area contributed by atoms with Gasteiger partial charge < -0.3 is 10.1 Å². The number of carbonyl (C=O) groups is 1. The fourth-order valence-electron chi connectivity index (χ4n) is 3.63. The van der Waals surface area contributed by atoms with Gasteiger partial charge in [-0.05, 0) is 49.6 Å². The van der Waals surface area contributed by atoms with E-state index in [0.717, 1.165) is 44.0 Å². The smallest absolute Gasteiger partial charge is 0.234 e. The molecule has 3 rings (SSSR count). The van der Waals surface area contributed by atoms with Crippen LogP contribution in [0.1, 0.15) is 29.7 Å². The Bertz CT molecular complexity index is 850. The molecule has 6 heteroatoms. The third-order valence-corrected chi connectivity index (χ3v) is 6.05. The molecular weight excluding hydrogens is 398 g/mol. The molecule has 0 aliphatic carbocycles. The lowest BCUT2D eigenvalue weighted by Crippen LogP contribution is -2.50. The van der Waals surface area contributed by atoms with Crippen molar-refractivity contribution in [1.82, 2.24) is 15.1 Å². The number of nitrogens with zero attached hydrogens (tertiary/aromatic N) is 2. The van der Waals surface area contributed by atoms with Gasteiger partial charge in [0.2, 0.25) is 5.91 Å². The quantitative estimate of drug-likeness (QED) is 0.692. The largest absolute Gasteiger partial charge is 0.491 e. The lowest BCUT2D eigenvalue weighted by atomic mass is 10.0. The number of amides is 1. The van der Waals surface area contributed by atoms with Gasteiger partial charge in [0.1, 0.15) is 12.4 Å². The van der Waals surface area contributed by atoms with Crippen molar-refractivity contribution >= 4 is 17.5 Å². The molecule has 5 nitrogen and oxygen atoms in total. The number of para-hydroxylation sites is 1. The molecule has 1 heterocycles. The normalized spacial score (nSPS) is 16.3. The van der Waals surface area contributed by atoms with Crippen LogP contribution in [0.5, 0.6) is 5.75 Å². The minimum absolute atomic E-state index is 0.0139. The summed E-state index contributed by atoms with van der Waals surface area (Å²) in [4.78, 5) is 17.1. The van der Waals surface area contributed by atoms with Crippen LogP contribution in [-0.4, -0.2) is 61.6 Å². The van der Waals surface area contributed by atoms with E-state index in [4.69, 9.17) is 16.3 Å². The average Bonchev–Trinajstić information content (AvgIpc) is 2.72. The van der Waals surface area contributed by atoms with E-state index in [1.807, 2.05) is 31.2 Å². The first-order valence-electron chi connectivity index (χ1n) is 10.6. The summed E-state index contributed by atoms with van der Waals surface area (Å²) in [7, 11) is 0. The summed E-state index contributed by atoms with van der Waals surface area (Å²) in [5.74, 6) is 0.809. The first-order chi connectivity index (χ1) is 14.4. The maximum absolute atomic E-state index is 12.5. The van der Waals surface area contributed by atoms with Crippen LogP contribution in [0, 0.1) is 13.8 Å². The fraction of sp³-hybridized carbons (Fsp3) is 0.458. The molecule has 1 amide bonds. The first-order valence-corrected chi connectivity index (χ1v) is 11.0. The Hall–Kier alpha value is -2.08. The van der Waals surface area contributed by atoms with Crippen LogP contribution in [0.2, 0.25) is 5.02 Å². The highest BCUT2D eigenvalue weighted by Crippen LogP contribution is 2.23. The Labute approximate surface area is 185 Å². The topological polar surface area (TPSA) is 44.8 Å². The molecule has 1 aliphatic rings. The lowest BCUT2D eigenvalue weighted by molar-refractivity contribution is -0.123. The minimum Gasteiger partial charge on any atom is -0.491 e. The highest BCUT2D eigenvalue weighted by Gasteiger charge is 2.20. The Morgan fingerprint density at radius 2 is 1.77 bits per heavy atom.